The summed E-state index contributed by atoms with van der Waals surface area (Å²) < 4.78 is 11.8. The van der Waals surface area contributed by atoms with E-state index < -0.39 is 0 Å². The lowest BCUT2D eigenvalue weighted by atomic mass is 10.1. The predicted molar refractivity (Wildman–Crippen MR) is 161 cm³/mol. The summed E-state index contributed by atoms with van der Waals surface area (Å²) in [7, 11) is 7.60. The zero-order valence-electron chi connectivity index (χ0n) is 23.2. The number of nitrogens with zero attached hydrogens (tertiary/aromatic N) is 4. The van der Waals surface area contributed by atoms with Gasteiger partial charge in [0.1, 0.15) is 17.2 Å². The molecule has 0 aliphatic rings. The van der Waals surface area contributed by atoms with Crippen LogP contribution in [0.25, 0.3) is 11.3 Å². The molecule has 0 spiro atoms. The first kappa shape index (κ1) is 28.1. The lowest BCUT2D eigenvalue weighted by Gasteiger charge is -2.26. The van der Waals surface area contributed by atoms with Gasteiger partial charge in [-0.25, -0.2) is 9.97 Å². The molecule has 0 saturated heterocycles. The summed E-state index contributed by atoms with van der Waals surface area (Å²) in [5.41, 5.74) is 3.51. The maximum absolute atomic E-state index is 12.3. The Morgan fingerprint density at radius 3 is 2.42 bits per heavy atom. The van der Waals surface area contributed by atoms with Crippen LogP contribution in [0, 0.1) is 0 Å². The predicted octanol–water partition coefficient (Wildman–Crippen LogP) is 5.81. The van der Waals surface area contributed by atoms with Crippen molar-refractivity contribution in [2.24, 2.45) is 0 Å². The maximum Gasteiger partial charge on any atom is 0.247 e. The zero-order valence-corrected chi connectivity index (χ0v) is 23.2. The number of ether oxygens (including phenoxy) is 2. The summed E-state index contributed by atoms with van der Waals surface area (Å²) in [6.45, 7) is 5.17. The van der Waals surface area contributed by atoms with Gasteiger partial charge in [0.25, 0.3) is 0 Å². The van der Waals surface area contributed by atoms with E-state index in [-0.39, 0.29) is 5.91 Å². The van der Waals surface area contributed by atoms with E-state index in [0.717, 1.165) is 30.1 Å². The molecule has 4 rings (SSSR count). The number of aromatic nitrogens is 2. The van der Waals surface area contributed by atoms with Gasteiger partial charge in [0, 0.05) is 38.0 Å². The second-order valence-corrected chi connectivity index (χ2v) is 9.29. The van der Waals surface area contributed by atoms with Crippen molar-refractivity contribution in [1.82, 2.24) is 14.9 Å². The van der Waals surface area contributed by atoms with Gasteiger partial charge in [-0.3, -0.25) is 4.79 Å². The average molecular weight is 539 g/mol. The number of methoxy groups -OCH3 is 1. The molecular formula is C31H34N6O3. The van der Waals surface area contributed by atoms with Crippen molar-refractivity contribution in [3.05, 3.63) is 91.6 Å². The Morgan fingerprint density at radius 1 is 0.950 bits per heavy atom. The van der Waals surface area contributed by atoms with Crippen LogP contribution in [0.3, 0.4) is 0 Å². The molecular weight excluding hydrogens is 504 g/mol. The fourth-order valence-corrected chi connectivity index (χ4v) is 3.98. The van der Waals surface area contributed by atoms with E-state index in [1.165, 1.54) is 6.08 Å². The highest BCUT2D eigenvalue weighted by Crippen LogP contribution is 2.38. The van der Waals surface area contributed by atoms with Crippen LogP contribution in [0.15, 0.2) is 91.6 Å². The van der Waals surface area contributed by atoms with Crippen molar-refractivity contribution in [3.8, 4) is 28.5 Å². The molecule has 1 amide bonds. The van der Waals surface area contributed by atoms with Crippen LogP contribution in [0.1, 0.15) is 0 Å². The van der Waals surface area contributed by atoms with Gasteiger partial charge in [0.15, 0.2) is 0 Å². The molecule has 0 atom stereocenters. The smallest absolute Gasteiger partial charge is 0.247 e. The topological polar surface area (TPSA) is 91.8 Å². The van der Waals surface area contributed by atoms with E-state index in [2.05, 4.69) is 32.0 Å². The van der Waals surface area contributed by atoms with E-state index in [1.54, 1.807) is 13.3 Å². The van der Waals surface area contributed by atoms with Crippen molar-refractivity contribution in [2.45, 2.75) is 0 Å². The minimum absolute atomic E-state index is 0.313. The number of para-hydroxylation sites is 2. The summed E-state index contributed by atoms with van der Waals surface area (Å²) in [6.07, 6.45) is 2.92. The number of amides is 1. The summed E-state index contributed by atoms with van der Waals surface area (Å²) in [4.78, 5) is 25.6. The summed E-state index contributed by atoms with van der Waals surface area (Å²) in [5.74, 6) is 2.03. The number of carbonyl (C=O) groups is 1. The van der Waals surface area contributed by atoms with Gasteiger partial charge >= 0.3 is 0 Å². The lowest BCUT2D eigenvalue weighted by molar-refractivity contribution is -0.111. The van der Waals surface area contributed by atoms with Gasteiger partial charge in [-0.05, 0) is 56.6 Å². The fourth-order valence-electron chi connectivity index (χ4n) is 3.98. The Bertz CT molecular complexity index is 1460. The minimum atomic E-state index is -0.313. The van der Waals surface area contributed by atoms with Crippen LogP contribution in [0.2, 0.25) is 0 Å². The summed E-state index contributed by atoms with van der Waals surface area (Å²) in [5, 5.41) is 6.17. The molecule has 0 radical (unpaired) electrons. The average Bonchev–Trinajstić information content (AvgIpc) is 2.97. The molecule has 4 aromatic rings. The zero-order chi connectivity index (χ0) is 28.5. The first-order valence-corrected chi connectivity index (χ1v) is 12.8. The molecule has 206 valence electrons. The van der Waals surface area contributed by atoms with Gasteiger partial charge < -0.3 is 29.9 Å². The molecule has 40 heavy (non-hydrogen) atoms. The third kappa shape index (κ3) is 7.15. The standard InChI is InChI=1S/C31H34N6O3/c1-6-30(38)33-25-20-26(29(39-5)21-27(25)37(4)19-18-36(2)3)35-31-32-17-16-24(34-31)23-14-10-11-15-28(23)40-22-12-8-7-9-13-22/h6-17,20-21H,1,18-19H2,2-5H3,(H,33,38)(H,32,34,35). The van der Waals surface area contributed by atoms with Gasteiger partial charge in [-0.1, -0.05) is 36.9 Å². The van der Waals surface area contributed by atoms with E-state index >= 15 is 0 Å². The number of likely N-dealkylation sites (N-methyl/N-ethyl adjacent to an activating group) is 2. The number of rotatable bonds is 12. The monoisotopic (exact) mass is 538 g/mol. The highest BCUT2D eigenvalue weighted by atomic mass is 16.5. The van der Waals surface area contributed by atoms with Crippen molar-refractivity contribution in [2.75, 3.05) is 56.9 Å². The first-order valence-electron chi connectivity index (χ1n) is 12.8. The van der Waals surface area contributed by atoms with Crippen LogP contribution in [0.5, 0.6) is 17.2 Å². The summed E-state index contributed by atoms with van der Waals surface area (Å²) in [6, 6.07) is 22.8. The van der Waals surface area contributed by atoms with E-state index in [0.29, 0.717) is 34.5 Å². The van der Waals surface area contributed by atoms with Crippen LogP contribution in [0.4, 0.5) is 23.0 Å². The second-order valence-electron chi connectivity index (χ2n) is 9.29. The largest absolute Gasteiger partial charge is 0.494 e. The Balaban J connectivity index is 1.67. The van der Waals surface area contributed by atoms with Crippen molar-refractivity contribution in [1.29, 1.82) is 0 Å². The second kappa shape index (κ2) is 13.3. The molecule has 1 heterocycles. The van der Waals surface area contributed by atoms with Crippen LogP contribution >= 0.6 is 0 Å². The Kier molecular flexibility index (Phi) is 9.32. The Morgan fingerprint density at radius 2 is 1.70 bits per heavy atom. The van der Waals surface area contributed by atoms with E-state index in [4.69, 9.17) is 14.5 Å². The van der Waals surface area contributed by atoms with Crippen LogP contribution < -0.4 is 25.0 Å². The highest BCUT2D eigenvalue weighted by molar-refractivity contribution is 6.02. The number of benzene rings is 3. The molecule has 9 heteroatoms. The van der Waals surface area contributed by atoms with Crippen molar-refractivity contribution in [3.63, 3.8) is 0 Å². The van der Waals surface area contributed by atoms with Crippen molar-refractivity contribution < 1.29 is 14.3 Å². The van der Waals surface area contributed by atoms with Gasteiger partial charge in [0.05, 0.1) is 29.9 Å². The molecule has 0 bridgehead atoms. The molecule has 1 aromatic heterocycles. The number of anilines is 4. The van der Waals surface area contributed by atoms with E-state index in [9.17, 15) is 4.79 Å². The number of hydrogen-bond acceptors (Lipinski definition) is 8. The first-order chi connectivity index (χ1) is 19.4. The van der Waals surface area contributed by atoms with Gasteiger partial charge in [0.2, 0.25) is 11.9 Å². The van der Waals surface area contributed by atoms with Crippen LogP contribution in [-0.2, 0) is 4.79 Å². The third-order valence-corrected chi connectivity index (χ3v) is 6.09. The lowest BCUT2D eigenvalue weighted by Crippen LogP contribution is -2.29. The summed E-state index contributed by atoms with van der Waals surface area (Å²) >= 11 is 0. The quantitative estimate of drug-likeness (QED) is 0.218. The van der Waals surface area contributed by atoms with Crippen LogP contribution in [-0.4, -0.2) is 62.1 Å². The Labute approximate surface area is 235 Å². The molecule has 2 N–H and O–H groups in total. The van der Waals surface area contributed by atoms with Crippen molar-refractivity contribution >= 4 is 28.9 Å². The van der Waals surface area contributed by atoms with Gasteiger partial charge in [-0.2, -0.15) is 0 Å². The molecule has 0 aliphatic carbocycles. The normalized spacial score (nSPS) is 10.6. The minimum Gasteiger partial charge on any atom is -0.494 e. The Hall–Kier alpha value is -4.89. The molecule has 0 aliphatic heterocycles. The van der Waals surface area contributed by atoms with Gasteiger partial charge in [-0.15, -0.1) is 0 Å². The molecule has 0 unspecified atom stereocenters. The molecule has 3 aromatic carbocycles. The number of carbonyl (C=O) groups excluding carboxylic acids is 1. The molecule has 0 saturated carbocycles. The number of hydrogen-bond donors (Lipinski definition) is 2. The SMILES string of the molecule is C=CC(=O)Nc1cc(Nc2nccc(-c3ccccc3Oc3ccccc3)n2)c(OC)cc1N(C)CCN(C)C. The molecule has 0 fully saturated rings. The van der Waals surface area contributed by atoms with E-state index in [1.807, 2.05) is 93.9 Å². The fraction of sp³-hybridized carbons (Fsp3) is 0.194. The third-order valence-electron chi connectivity index (χ3n) is 6.09. The molecule has 9 nitrogen and oxygen atoms in total. The number of nitrogens with one attached hydrogen (secondary N) is 2. The highest BCUT2D eigenvalue weighted by Gasteiger charge is 2.17. The maximum atomic E-state index is 12.3.